The molecule has 1 aliphatic rings. The smallest absolute Gasteiger partial charge is 0.282 e. The van der Waals surface area contributed by atoms with Crippen molar-refractivity contribution >= 4 is 28.8 Å². The predicted molar refractivity (Wildman–Crippen MR) is 128 cm³/mol. The molecular weight excluding hydrogens is 400 g/mol. The Morgan fingerprint density at radius 2 is 1.38 bits per heavy atom. The van der Waals surface area contributed by atoms with Crippen molar-refractivity contribution in [2.75, 3.05) is 16.8 Å². The highest BCUT2D eigenvalue weighted by molar-refractivity contribution is 6.46. The van der Waals surface area contributed by atoms with E-state index in [1.807, 2.05) is 81.4 Å². The van der Waals surface area contributed by atoms with Crippen LogP contribution in [0, 0.1) is 13.8 Å². The molecule has 0 saturated heterocycles. The van der Waals surface area contributed by atoms with Crippen LogP contribution < -0.4 is 15.0 Å². The van der Waals surface area contributed by atoms with E-state index in [1.165, 1.54) is 4.90 Å². The molecule has 1 N–H and O–H groups in total. The van der Waals surface area contributed by atoms with Crippen LogP contribution in [0.3, 0.4) is 0 Å². The Morgan fingerprint density at radius 3 is 1.97 bits per heavy atom. The summed E-state index contributed by atoms with van der Waals surface area (Å²) in [5.74, 6) is 0.00726. The molecule has 0 fully saturated rings. The number of carbonyl (C=O) groups excluding carboxylic acids is 2. The van der Waals surface area contributed by atoms with Gasteiger partial charge in [0.25, 0.3) is 11.8 Å². The lowest BCUT2D eigenvalue weighted by Gasteiger charge is -2.15. The van der Waals surface area contributed by atoms with E-state index >= 15 is 0 Å². The minimum Gasteiger partial charge on any atom is -0.494 e. The van der Waals surface area contributed by atoms with Crippen LogP contribution in [0.25, 0.3) is 5.57 Å². The van der Waals surface area contributed by atoms with Gasteiger partial charge in [-0.2, -0.15) is 0 Å². The maximum Gasteiger partial charge on any atom is 0.282 e. The Kier molecular flexibility index (Phi) is 6.08. The van der Waals surface area contributed by atoms with Crippen molar-refractivity contribution in [3.63, 3.8) is 0 Å². The summed E-state index contributed by atoms with van der Waals surface area (Å²) in [6, 6.07) is 22.4. The highest BCUT2D eigenvalue weighted by Gasteiger charge is 2.40. The molecule has 0 atom stereocenters. The van der Waals surface area contributed by atoms with Crippen LogP contribution in [-0.4, -0.2) is 18.4 Å². The number of ether oxygens (including phenoxy) is 1. The molecule has 2 amide bonds. The molecular formula is C27H26N2O3. The number of anilines is 2. The number of nitrogens with one attached hydrogen (secondary N) is 1. The first kappa shape index (κ1) is 21.4. The van der Waals surface area contributed by atoms with Gasteiger partial charge in [-0.15, -0.1) is 0 Å². The molecule has 0 bridgehead atoms. The molecule has 0 saturated carbocycles. The van der Waals surface area contributed by atoms with Gasteiger partial charge in [0.2, 0.25) is 0 Å². The second-order valence-electron chi connectivity index (χ2n) is 7.90. The van der Waals surface area contributed by atoms with Crippen molar-refractivity contribution in [1.29, 1.82) is 0 Å². The standard InChI is InChI=1S/C27H26N2O3/c1-4-17-32-23-15-9-20(10-16-23)24-25(28-21-11-5-18(2)6-12-21)27(31)29(26(24)30)22-13-7-19(3)8-14-22/h5-16,28H,4,17H2,1-3H3. The number of aryl methyl sites for hydroxylation is 2. The quantitative estimate of drug-likeness (QED) is 0.508. The molecule has 0 unspecified atom stereocenters. The summed E-state index contributed by atoms with van der Waals surface area (Å²) in [4.78, 5) is 28.1. The van der Waals surface area contributed by atoms with Gasteiger partial charge >= 0.3 is 0 Å². The Hall–Kier alpha value is -3.86. The van der Waals surface area contributed by atoms with E-state index in [9.17, 15) is 9.59 Å². The van der Waals surface area contributed by atoms with E-state index in [4.69, 9.17) is 4.74 Å². The zero-order chi connectivity index (χ0) is 22.7. The molecule has 3 aromatic carbocycles. The largest absolute Gasteiger partial charge is 0.494 e. The van der Waals surface area contributed by atoms with E-state index < -0.39 is 0 Å². The van der Waals surface area contributed by atoms with Crippen LogP contribution in [0.2, 0.25) is 0 Å². The summed E-state index contributed by atoms with van der Waals surface area (Å²) >= 11 is 0. The Bertz CT molecular complexity index is 1160. The number of carbonyl (C=O) groups is 2. The van der Waals surface area contributed by atoms with E-state index in [0.717, 1.165) is 29.0 Å². The summed E-state index contributed by atoms with van der Waals surface area (Å²) in [5, 5.41) is 3.19. The van der Waals surface area contributed by atoms with Crippen molar-refractivity contribution in [3.05, 3.63) is 95.2 Å². The Labute approximate surface area is 188 Å². The fourth-order valence-electron chi connectivity index (χ4n) is 3.56. The average molecular weight is 427 g/mol. The van der Waals surface area contributed by atoms with Crippen LogP contribution in [0.5, 0.6) is 5.75 Å². The summed E-state index contributed by atoms with van der Waals surface area (Å²) in [6.07, 6.45) is 0.913. The molecule has 1 heterocycles. The van der Waals surface area contributed by atoms with Crippen LogP contribution >= 0.6 is 0 Å². The number of rotatable bonds is 7. The SMILES string of the molecule is CCCOc1ccc(C2=C(Nc3ccc(C)cc3)C(=O)N(c3ccc(C)cc3)C2=O)cc1. The van der Waals surface area contributed by atoms with Gasteiger partial charge in [0.1, 0.15) is 11.4 Å². The van der Waals surface area contributed by atoms with Crippen molar-refractivity contribution in [2.45, 2.75) is 27.2 Å². The number of imide groups is 1. The molecule has 5 heteroatoms. The topological polar surface area (TPSA) is 58.6 Å². The van der Waals surface area contributed by atoms with E-state index in [2.05, 4.69) is 5.32 Å². The molecule has 1 aliphatic heterocycles. The van der Waals surface area contributed by atoms with Gasteiger partial charge in [-0.05, 0) is 62.2 Å². The number of nitrogens with zero attached hydrogens (tertiary/aromatic N) is 1. The second kappa shape index (κ2) is 9.10. The monoisotopic (exact) mass is 426 g/mol. The summed E-state index contributed by atoms with van der Waals surface area (Å²) in [7, 11) is 0. The normalized spacial score (nSPS) is 13.7. The Balaban J connectivity index is 1.75. The van der Waals surface area contributed by atoms with Gasteiger partial charge in [-0.25, -0.2) is 4.90 Å². The van der Waals surface area contributed by atoms with Gasteiger partial charge in [0.05, 0.1) is 17.9 Å². The van der Waals surface area contributed by atoms with Crippen molar-refractivity contribution in [2.24, 2.45) is 0 Å². The minimum absolute atomic E-state index is 0.265. The van der Waals surface area contributed by atoms with E-state index in [-0.39, 0.29) is 17.5 Å². The Morgan fingerprint density at radius 1 is 0.781 bits per heavy atom. The first-order valence-corrected chi connectivity index (χ1v) is 10.7. The molecule has 5 nitrogen and oxygen atoms in total. The van der Waals surface area contributed by atoms with Gasteiger partial charge in [0.15, 0.2) is 0 Å². The number of hydrogen-bond acceptors (Lipinski definition) is 4. The lowest BCUT2D eigenvalue weighted by atomic mass is 10.0. The third-order valence-electron chi connectivity index (χ3n) is 5.31. The minimum atomic E-state index is -0.374. The summed E-state index contributed by atoms with van der Waals surface area (Å²) in [5.41, 5.74) is 4.74. The molecule has 162 valence electrons. The molecule has 0 radical (unpaired) electrons. The van der Waals surface area contributed by atoms with E-state index in [1.54, 1.807) is 12.1 Å². The van der Waals surface area contributed by atoms with Gasteiger partial charge < -0.3 is 10.1 Å². The van der Waals surface area contributed by atoms with Crippen LogP contribution in [0.15, 0.2) is 78.5 Å². The van der Waals surface area contributed by atoms with Crippen LogP contribution in [-0.2, 0) is 9.59 Å². The first-order chi connectivity index (χ1) is 15.5. The summed E-state index contributed by atoms with van der Waals surface area (Å²) < 4.78 is 5.66. The molecule has 0 spiro atoms. The molecule has 4 rings (SSSR count). The highest BCUT2D eigenvalue weighted by Crippen LogP contribution is 2.34. The molecule has 0 aliphatic carbocycles. The first-order valence-electron chi connectivity index (χ1n) is 10.7. The maximum atomic E-state index is 13.5. The van der Waals surface area contributed by atoms with Gasteiger partial charge in [0, 0.05) is 5.69 Å². The fourth-order valence-corrected chi connectivity index (χ4v) is 3.56. The fraction of sp³-hybridized carbons (Fsp3) is 0.185. The molecule has 32 heavy (non-hydrogen) atoms. The number of benzene rings is 3. The zero-order valence-corrected chi connectivity index (χ0v) is 18.5. The van der Waals surface area contributed by atoms with Crippen LogP contribution in [0.4, 0.5) is 11.4 Å². The maximum absolute atomic E-state index is 13.5. The van der Waals surface area contributed by atoms with Crippen molar-refractivity contribution in [3.8, 4) is 5.75 Å². The predicted octanol–water partition coefficient (Wildman–Crippen LogP) is 5.49. The lowest BCUT2D eigenvalue weighted by molar-refractivity contribution is -0.120. The van der Waals surface area contributed by atoms with Crippen molar-refractivity contribution < 1.29 is 14.3 Å². The third-order valence-corrected chi connectivity index (χ3v) is 5.31. The second-order valence-corrected chi connectivity index (χ2v) is 7.90. The number of amides is 2. The highest BCUT2D eigenvalue weighted by atomic mass is 16.5. The van der Waals surface area contributed by atoms with Gasteiger partial charge in [-0.3, -0.25) is 9.59 Å². The van der Waals surface area contributed by atoms with E-state index in [0.29, 0.717) is 23.4 Å². The molecule has 0 aromatic heterocycles. The summed E-state index contributed by atoms with van der Waals surface area (Å²) in [6.45, 7) is 6.64. The zero-order valence-electron chi connectivity index (χ0n) is 18.5. The van der Waals surface area contributed by atoms with Crippen molar-refractivity contribution in [1.82, 2.24) is 0 Å². The van der Waals surface area contributed by atoms with Gasteiger partial charge in [-0.1, -0.05) is 54.4 Å². The molecule has 3 aromatic rings. The van der Waals surface area contributed by atoms with Crippen LogP contribution in [0.1, 0.15) is 30.0 Å². The average Bonchev–Trinajstić information content (AvgIpc) is 3.04. The third kappa shape index (κ3) is 4.28. The lowest BCUT2D eigenvalue weighted by Crippen LogP contribution is -2.32. The number of hydrogen-bond donors (Lipinski definition) is 1.